The van der Waals surface area contributed by atoms with E-state index < -0.39 is 17.4 Å². The zero-order chi connectivity index (χ0) is 20.3. The highest BCUT2D eigenvalue weighted by molar-refractivity contribution is 5.66. The molecule has 1 unspecified atom stereocenters. The summed E-state index contributed by atoms with van der Waals surface area (Å²) in [4.78, 5) is 10.5. The molecular formula is C22H37FO4. The highest BCUT2D eigenvalue weighted by Gasteiger charge is 2.33. The summed E-state index contributed by atoms with van der Waals surface area (Å²) in [5.41, 5.74) is -1.48. The molecule has 0 aromatic heterocycles. The van der Waals surface area contributed by atoms with Gasteiger partial charge in [-0.1, -0.05) is 57.8 Å². The van der Waals surface area contributed by atoms with Gasteiger partial charge in [-0.15, -0.1) is 0 Å². The predicted molar refractivity (Wildman–Crippen MR) is 106 cm³/mol. The average Bonchev–Trinajstić information content (AvgIpc) is 2.96. The Labute approximate surface area is 163 Å². The molecule has 0 aliphatic heterocycles. The number of carboxylic acids is 1. The van der Waals surface area contributed by atoms with Gasteiger partial charge in [-0.05, 0) is 43.9 Å². The Bertz CT molecular complexity index is 491. The molecule has 5 heteroatoms. The van der Waals surface area contributed by atoms with Crippen LogP contribution in [0.2, 0.25) is 0 Å². The summed E-state index contributed by atoms with van der Waals surface area (Å²) in [7, 11) is 0. The number of hydrogen-bond acceptors (Lipinski definition) is 3. The maximum absolute atomic E-state index is 13.7. The minimum Gasteiger partial charge on any atom is -0.481 e. The summed E-state index contributed by atoms with van der Waals surface area (Å²) < 4.78 is 13.7. The summed E-state index contributed by atoms with van der Waals surface area (Å²) in [5, 5.41) is 29.4. The van der Waals surface area contributed by atoms with Crippen LogP contribution in [0.5, 0.6) is 0 Å². The largest absolute Gasteiger partial charge is 0.481 e. The second-order valence-electron chi connectivity index (χ2n) is 7.99. The predicted octanol–water partition coefficient (Wildman–Crippen LogP) is 5.15. The molecule has 1 aliphatic carbocycles. The van der Waals surface area contributed by atoms with Crippen molar-refractivity contribution in [2.75, 3.05) is 0 Å². The van der Waals surface area contributed by atoms with Crippen LogP contribution >= 0.6 is 0 Å². The number of allylic oxidation sites excluding steroid dienone is 1. The van der Waals surface area contributed by atoms with Crippen molar-refractivity contribution in [1.82, 2.24) is 0 Å². The maximum atomic E-state index is 13.7. The summed E-state index contributed by atoms with van der Waals surface area (Å²) in [6.45, 7) is 5.31. The molecular weight excluding hydrogens is 347 g/mol. The van der Waals surface area contributed by atoms with Crippen molar-refractivity contribution in [2.45, 2.75) is 95.7 Å². The first-order valence-electron chi connectivity index (χ1n) is 10.4. The molecule has 0 bridgehead atoms. The molecule has 1 aliphatic rings. The zero-order valence-electron chi connectivity index (χ0n) is 16.7. The van der Waals surface area contributed by atoms with Crippen molar-refractivity contribution in [1.29, 1.82) is 0 Å². The van der Waals surface area contributed by atoms with Gasteiger partial charge in [0.25, 0.3) is 0 Å². The number of hydrogen-bond donors (Lipinski definition) is 3. The lowest BCUT2D eigenvalue weighted by molar-refractivity contribution is -0.137. The monoisotopic (exact) mass is 384 g/mol. The van der Waals surface area contributed by atoms with E-state index >= 15 is 0 Å². The number of aliphatic hydroxyl groups is 2. The van der Waals surface area contributed by atoms with Crippen LogP contribution in [0.25, 0.3) is 0 Å². The van der Waals surface area contributed by atoms with Gasteiger partial charge in [0.1, 0.15) is 11.4 Å². The van der Waals surface area contributed by atoms with Gasteiger partial charge in [-0.25, -0.2) is 4.39 Å². The van der Waals surface area contributed by atoms with Crippen molar-refractivity contribution >= 4 is 5.97 Å². The van der Waals surface area contributed by atoms with Crippen molar-refractivity contribution < 1.29 is 24.5 Å². The molecule has 0 radical (unpaired) electrons. The third-order valence-electron chi connectivity index (χ3n) is 5.81. The molecule has 0 aromatic rings. The fraction of sp³-hybridized carbons (Fsp3) is 0.773. The molecule has 1 saturated carbocycles. The van der Waals surface area contributed by atoms with E-state index in [1.54, 1.807) is 0 Å². The Morgan fingerprint density at radius 3 is 2.56 bits per heavy atom. The molecule has 0 aromatic carbocycles. The fourth-order valence-corrected chi connectivity index (χ4v) is 3.99. The summed E-state index contributed by atoms with van der Waals surface area (Å²) >= 11 is 0. The number of aliphatic hydroxyl groups excluding tert-OH is 1. The van der Waals surface area contributed by atoms with E-state index in [2.05, 4.69) is 6.58 Å². The molecule has 0 spiro atoms. The van der Waals surface area contributed by atoms with Crippen LogP contribution in [-0.4, -0.2) is 33.0 Å². The Balaban J connectivity index is 2.46. The van der Waals surface area contributed by atoms with Crippen molar-refractivity contribution in [3.63, 3.8) is 0 Å². The van der Waals surface area contributed by atoms with Gasteiger partial charge in [0.05, 0.1) is 6.10 Å². The second kappa shape index (κ2) is 12.3. The molecule has 0 heterocycles. The highest BCUT2D eigenvalue weighted by Crippen LogP contribution is 2.37. The standard InChI is InChI=1S/C22H37FO4/c1-3-4-15-22(27,17(2)23)16-9-10-18-13-14-20(24)19(18)11-7-5-6-8-12-21(25)26/h9-10,18-20,24,27H,2-8,11-16H2,1H3,(H,25,26)/t18-,19+,20-,22?/m0/s1. The van der Waals surface area contributed by atoms with Gasteiger partial charge < -0.3 is 15.3 Å². The lowest BCUT2D eigenvalue weighted by Gasteiger charge is -2.25. The van der Waals surface area contributed by atoms with Gasteiger partial charge in [0, 0.05) is 12.8 Å². The van der Waals surface area contributed by atoms with Crippen molar-refractivity contribution in [3.8, 4) is 0 Å². The van der Waals surface area contributed by atoms with Crippen LogP contribution in [0, 0.1) is 11.8 Å². The van der Waals surface area contributed by atoms with Crippen LogP contribution in [0.3, 0.4) is 0 Å². The number of aliphatic carboxylic acids is 1. The smallest absolute Gasteiger partial charge is 0.303 e. The average molecular weight is 385 g/mol. The molecule has 156 valence electrons. The number of unbranched alkanes of at least 4 members (excludes halogenated alkanes) is 4. The van der Waals surface area contributed by atoms with Gasteiger partial charge in [0.2, 0.25) is 0 Å². The number of rotatable bonds is 14. The summed E-state index contributed by atoms with van der Waals surface area (Å²) in [6.07, 6.45) is 12.2. The first-order valence-corrected chi connectivity index (χ1v) is 10.4. The van der Waals surface area contributed by atoms with E-state index in [0.29, 0.717) is 12.8 Å². The third-order valence-corrected chi connectivity index (χ3v) is 5.81. The Kier molecular flexibility index (Phi) is 10.9. The lowest BCUT2D eigenvalue weighted by atomic mass is 9.87. The molecule has 1 fully saturated rings. The first-order chi connectivity index (χ1) is 12.8. The summed E-state index contributed by atoms with van der Waals surface area (Å²) in [6, 6.07) is 0. The van der Waals surface area contributed by atoms with E-state index in [1.807, 2.05) is 19.1 Å². The molecule has 4 atom stereocenters. The Morgan fingerprint density at radius 1 is 1.22 bits per heavy atom. The Morgan fingerprint density at radius 2 is 1.93 bits per heavy atom. The molecule has 0 amide bonds. The minimum atomic E-state index is -1.48. The molecule has 3 N–H and O–H groups in total. The topological polar surface area (TPSA) is 77.8 Å². The van der Waals surface area contributed by atoms with Crippen LogP contribution in [0.15, 0.2) is 24.6 Å². The summed E-state index contributed by atoms with van der Waals surface area (Å²) in [5.74, 6) is -0.980. The highest BCUT2D eigenvalue weighted by atomic mass is 19.1. The van der Waals surface area contributed by atoms with E-state index in [-0.39, 0.29) is 30.8 Å². The van der Waals surface area contributed by atoms with Gasteiger partial charge in [-0.2, -0.15) is 0 Å². The normalized spacial score (nSPS) is 25.0. The second-order valence-corrected chi connectivity index (χ2v) is 7.99. The quantitative estimate of drug-likeness (QED) is 0.286. The van der Waals surface area contributed by atoms with E-state index in [0.717, 1.165) is 51.4 Å². The van der Waals surface area contributed by atoms with Crippen LogP contribution in [0.4, 0.5) is 4.39 Å². The lowest BCUT2D eigenvalue weighted by Crippen LogP contribution is -2.28. The number of halogens is 1. The van der Waals surface area contributed by atoms with E-state index in [9.17, 15) is 19.4 Å². The van der Waals surface area contributed by atoms with E-state index in [1.165, 1.54) is 0 Å². The number of carbonyl (C=O) groups is 1. The van der Waals surface area contributed by atoms with E-state index in [4.69, 9.17) is 5.11 Å². The van der Waals surface area contributed by atoms with Crippen LogP contribution < -0.4 is 0 Å². The maximum Gasteiger partial charge on any atom is 0.303 e. The SMILES string of the molecule is C=C(F)C(O)(CC=C[C@H]1CC[C@H](O)[C@@H]1CCCCCCC(=O)O)CCCC. The molecule has 0 saturated heterocycles. The minimum absolute atomic E-state index is 0.193. The Hall–Kier alpha value is -1.20. The van der Waals surface area contributed by atoms with Gasteiger partial charge in [0.15, 0.2) is 0 Å². The molecule has 1 rings (SSSR count). The fourth-order valence-electron chi connectivity index (χ4n) is 3.99. The number of carboxylic acid groups (broad SMARTS) is 1. The van der Waals surface area contributed by atoms with Crippen molar-refractivity contribution in [2.24, 2.45) is 11.8 Å². The molecule has 4 nitrogen and oxygen atoms in total. The molecule has 27 heavy (non-hydrogen) atoms. The van der Waals surface area contributed by atoms with Gasteiger partial charge in [-0.3, -0.25) is 4.79 Å². The first kappa shape index (κ1) is 23.8. The third kappa shape index (κ3) is 8.56. The van der Waals surface area contributed by atoms with Gasteiger partial charge >= 0.3 is 5.97 Å². The zero-order valence-corrected chi connectivity index (χ0v) is 16.7. The van der Waals surface area contributed by atoms with Crippen LogP contribution in [-0.2, 0) is 4.79 Å². The van der Waals surface area contributed by atoms with Crippen LogP contribution in [0.1, 0.15) is 84.0 Å². The van der Waals surface area contributed by atoms with Crippen molar-refractivity contribution in [3.05, 3.63) is 24.6 Å².